The van der Waals surface area contributed by atoms with Crippen LogP contribution < -0.4 is 4.74 Å². The van der Waals surface area contributed by atoms with E-state index in [2.05, 4.69) is 34.1 Å². The minimum atomic E-state index is -0.476. The molecule has 1 N–H and O–H groups in total. The monoisotopic (exact) mass is 456 g/mol. The molecule has 2 unspecified atom stereocenters. The van der Waals surface area contributed by atoms with Crippen molar-refractivity contribution in [3.05, 3.63) is 64.8 Å². The third-order valence-electron chi connectivity index (χ3n) is 8.82. The van der Waals surface area contributed by atoms with Gasteiger partial charge in [0.05, 0.1) is 5.56 Å². The molecule has 1 aliphatic carbocycles. The maximum atomic E-state index is 13.7. The van der Waals surface area contributed by atoms with Crippen LogP contribution in [0.2, 0.25) is 0 Å². The molecule has 0 radical (unpaired) electrons. The van der Waals surface area contributed by atoms with Crippen molar-refractivity contribution in [2.75, 3.05) is 13.1 Å². The second-order valence-electron chi connectivity index (χ2n) is 10.8. The van der Waals surface area contributed by atoms with Crippen molar-refractivity contribution in [2.45, 2.75) is 69.6 Å². The number of nitrogens with one attached hydrogen (secondary N) is 1. The van der Waals surface area contributed by atoms with Gasteiger partial charge in [-0.25, -0.2) is 4.79 Å². The van der Waals surface area contributed by atoms with Gasteiger partial charge < -0.3 is 14.5 Å². The molecule has 3 fully saturated rings. The molecule has 0 bridgehead atoms. The zero-order valence-electron chi connectivity index (χ0n) is 19.9. The summed E-state index contributed by atoms with van der Waals surface area (Å²) in [7, 11) is 0. The van der Waals surface area contributed by atoms with Crippen LogP contribution in [0.5, 0.6) is 5.75 Å². The van der Waals surface area contributed by atoms with E-state index in [9.17, 15) is 4.79 Å². The van der Waals surface area contributed by atoms with E-state index < -0.39 is 5.60 Å². The van der Waals surface area contributed by atoms with Crippen molar-refractivity contribution in [3.8, 4) is 5.75 Å². The van der Waals surface area contributed by atoms with Crippen LogP contribution in [0, 0.1) is 12.8 Å². The van der Waals surface area contributed by atoms with E-state index >= 15 is 0 Å². The second-order valence-corrected chi connectivity index (χ2v) is 10.8. The number of ether oxygens (including phenoxy) is 2. The van der Waals surface area contributed by atoms with Crippen LogP contribution in [0.25, 0.3) is 10.9 Å². The Hall–Kier alpha value is -2.79. The number of carbonyl (C=O) groups is 1. The predicted octanol–water partition coefficient (Wildman–Crippen LogP) is 5.85. The molecular weight excluding hydrogens is 424 g/mol. The number of aromatic nitrogens is 1. The van der Waals surface area contributed by atoms with Crippen LogP contribution in [0.1, 0.15) is 72.1 Å². The lowest BCUT2D eigenvalue weighted by Crippen LogP contribution is -2.64. The molecule has 176 valence electrons. The number of piperidine rings is 2. The van der Waals surface area contributed by atoms with Gasteiger partial charge in [-0.05, 0) is 69.6 Å². The Morgan fingerprint density at radius 2 is 1.88 bits per heavy atom. The minimum Gasteiger partial charge on any atom is -0.472 e. The highest BCUT2D eigenvalue weighted by molar-refractivity contribution is 6.07. The molecule has 2 saturated heterocycles. The first kappa shape index (κ1) is 20.6. The first-order chi connectivity index (χ1) is 16.6. The molecule has 2 atom stereocenters. The number of rotatable bonds is 3. The summed E-state index contributed by atoms with van der Waals surface area (Å²) in [6, 6.07) is 14.4. The zero-order chi connectivity index (χ0) is 22.9. The lowest BCUT2D eigenvalue weighted by molar-refractivity contribution is -0.177. The van der Waals surface area contributed by atoms with Gasteiger partial charge in [-0.1, -0.05) is 30.3 Å². The Morgan fingerprint density at radius 1 is 1.06 bits per heavy atom. The molecule has 5 nitrogen and oxygen atoms in total. The first-order valence-electron chi connectivity index (χ1n) is 13.0. The summed E-state index contributed by atoms with van der Waals surface area (Å²) in [6.07, 6.45) is 8.74. The average Bonchev–Trinajstić information content (AvgIpc) is 3.55. The standard InChI is InChI=1S/C29H32N2O3/c1-19-25(27(32)34-28(14-15-28)20-8-3-2-4-9-20)26-22-18-21-10-7-17-31-16-6-5-13-29(21,31)33-24(22)12-11-23(26)30-19/h2-4,8-9,11-12,21,30H,5-7,10,13-18H2,1H3. The summed E-state index contributed by atoms with van der Waals surface area (Å²) < 4.78 is 13.2. The van der Waals surface area contributed by atoms with Crippen molar-refractivity contribution in [2.24, 2.45) is 5.92 Å². The summed E-state index contributed by atoms with van der Waals surface area (Å²) in [5, 5.41) is 1.01. The highest BCUT2D eigenvalue weighted by atomic mass is 16.6. The number of esters is 1. The van der Waals surface area contributed by atoms with Crippen LogP contribution in [-0.2, 0) is 16.8 Å². The third kappa shape index (κ3) is 2.92. The van der Waals surface area contributed by atoms with E-state index in [0.717, 1.165) is 66.7 Å². The van der Waals surface area contributed by atoms with Gasteiger partial charge in [0.15, 0.2) is 5.72 Å². The maximum Gasteiger partial charge on any atom is 0.341 e. The van der Waals surface area contributed by atoms with Gasteiger partial charge in [-0.3, -0.25) is 4.90 Å². The van der Waals surface area contributed by atoms with Crippen LogP contribution in [0.4, 0.5) is 0 Å². The summed E-state index contributed by atoms with van der Waals surface area (Å²) in [5.41, 5.74) is 4.20. The summed E-state index contributed by atoms with van der Waals surface area (Å²) in [6.45, 7) is 4.26. The van der Waals surface area contributed by atoms with Crippen molar-refractivity contribution in [1.29, 1.82) is 0 Å². The molecule has 5 heteroatoms. The minimum absolute atomic E-state index is 0.158. The number of hydrogen-bond acceptors (Lipinski definition) is 4. The number of aromatic amines is 1. The van der Waals surface area contributed by atoms with E-state index in [0.29, 0.717) is 11.5 Å². The molecule has 34 heavy (non-hydrogen) atoms. The molecule has 3 aromatic rings. The second kappa shape index (κ2) is 7.35. The van der Waals surface area contributed by atoms with Gasteiger partial charge >= 0.3 is 5.97 Å². The van der Waals surface area contributed by atoms with Crippen molar-refractivity contribution < 1.29 is 14.3 Å². The van der Waals surface area contributed by atoms with Crippen molar-refractivity contribution in [3.63, 3.8) is 0 Å². The Labute approximate surface area is 200 Å². The fourth-order valence-corrected chi connectivity index (χ4v) is 7.00. The first-order valence-corrected chi connectivity index (χ1v) is 13.0. The quantitative estimate of drug-likeness (QED) is 0.503. The predicted molar refractivity (Wildman–Crippen MR) is 131 cm³/mol. The van der Waals surface area contributed by atoms with Gasteiger partial charge in [0.25, 0.3) is 0 Å². The van der Waals surface area contributed by atoms with Crippen molar-refractivity contribution in [1.82, 2.24) is 9.88 Å². The molecular formula is C29H32N2O3. The van der Waals surface area contributed by atoms with Crippen LogP contribution in [0.15, 0.2) is 42.5 Å². The van der Waals surface area contributed by atoms with E-state index in [-0.39, 0.29) is 11.7 Å². The van der Waals surface area contributed by atoms with Crippen LogP contribution >= 0.6 is 0 Å². The molecule has 2 aromatic carbocycles. The van der Waals surface area contributed by atoms with E-state index in [1.165, 1.54) is 31.2 Å². The van der Waals surface area contributed by atoms with Crippen molar-refractivity contribution >= 4 is 16.9 Å². The highest BCUT2D eigenvalue weighted by Gasteiger charge is 2.53. The number of H-pyrrole nitrogens is 1. The Morgan fingerprint density at radius 3 is 2.71 bits per heavy atom. The van der Waals surface area contributed by atoms with Gasteiger partial charge in [0.1, 0.15) is 11.4 Å². The van der Waals surface area contributed by atoms with E-state index in [1.54, 1.807) is 0 Å². The highest BCUT2D eigenvalue weighted by Crippen LogP contribution is 2.52. The number of aryl methyl sites for hydroxylation is 1. The summed E-state index contributed by atoms with van der Waals surface area (Å²) >= 11 is 0. The molecule has 1 spiro atoms. The molecule has 4 aliphatic rings. The summed E-state index contributed by atoms with van der Waals surface area (Å²) in [4.78, 5) is 19.7. The smallest absolute Gasteiger partial charge is 0.341 e. The number of carbonyl (C=O) groups excluding carboxylic acids is 1. The molecule has 3 aliphatic heterocycles. The fraction of sp³-hybridized carbons (Fsp3) is 0.483. The van der Waals surface area contributed by atoms with Crippen LogP contribution in [-0.4, -0.2) is 34.7 Å². The molecule has 1 aromatic heterocycles. The average molecular weight is 457 g/mol. The third-order valence-corrected chi connectivity index (χ3v) is 8.82. The number of fused-ring (bicyclic) bond motifs is 3. The molecule has 0 amide bonds. The lowest BCUT2D eigenvalue weighted by atomic mass is 9.74. The molecule has 1 saturated carbocycles. The SMILES string of the molecule is Cc1[nH]c2ccc3c(c2c1C(=O)OC1(c2ccccc2)CC1)CC1CCCN2CCCCC12O3. The number of benzene rings is 2. The molecule has 7 rings (SSSR count). The number of hydrogen-bond donors (Lipinski definition) is 1. The number of nitrogens with zero attached hydrogens (tertiary/aromatic N) is 1. The van der Waals surface area contributed by atoms with E-state index in [1.807, 2.05) is 25.1 Å². The Kier molecular flexibility index (Phi) is 4.45. The normalized spacial score (nSPS) is 27.3. The van der Waals surface area contributed by atoms with Crippen LogP contribution in [0.3, 0.4) is 0 Å². The van der Waals surface area contributed by atoms with E-state index in [4.69, 9.17) is 9.47 Å². The maximum absolute atomic E-state index is 13.7. The van der Waals surface area contributed by atoms with Gasteiger partial charge in [-0.2, -0.15) is 0 Å². The summed E-state index contributed by atoms with van der Waals surface area (Å²) in [5.74, 6) is 1.20. The largest absolute Gasteiger partial charge is 0.472 e. The Bertz CT molecular complexity index is 1270. The fourth-order valence-electron chi connectivity index (χ4n) is 7.00. The zero-order valence-corrected chi connectivity index (χ0v) is 19.9. The van der Waals surface area contributed by atoms with Gasteiger partial charge in [0.2, 0.25) is 0 Å². The van der Waals surface area contributed by atoms with Gasteiger partial charge in [-0.15, -0.1) is 0 Å². The molecule has 4 heterocycles. The topological polar surface area (TPSA) is 54.6 Å². The Balaban J connectivity index is 1.29. The lowest BCUT2D eigenvalue weighted by Gasteiger charge is -2.56. The van der Waals surface area contributed by atoms with Gasteiger partial charge in [0, 0.05) is 47.6 Å².